The van der Waals surface area contributed by atoms with Crippen LogP contribution in [0.5, 0.6) is 0 Å². The van der Waals surface area contributed by atoms with Gasteiger partial charge in [0.2, 0.25) is 5.91 Å². The fourth-order valence-corrected chi connectivity index (χ4v) is 2.61. The zero-order valence-electron chi connectivity index (χ0n) is 15.6. The molecule has 0 aliphatic carbocycles. The van der Waals surface area contributed by atoms with E-state index in [1.54, 1.807) is 24.5 Å². The molecule has 0 fully saturated rings. The van der Waals surface area contributed by atoms with E-state index < -0.39 is 0 Å². The Balaban J connectivity index is 1.85. The number of amidine groups is 1. The number of aromatic nitrogens is 3. The maximum absolute atomic E-state index is 11.5. The smallest absolute Gasteiger partial charge is 0.251 e. The van der Waals surface area contributed by atoms with Gasteiger partial charge in [0.05, 0.1) is 12.3 Å². The standard InChI is InChI=1S/C20H21N7O2/c1-2-19(29)25-13-3-4-14-15(12-24-17(14)11-13)16-5-8-23-20(26-16)27-18(21)6-7-22-9-10-28/h2-8,11-12,22,24,28H,1,9-10H2,(H,25,29)(H2,21,23,26,27)/b7-6-. The van der Waals surface area contributed by atoms with E-state index in [2.05, 4.69) is 37.2 Å². The first kappa shape index (κ1) is 19.8. The van der Waals surface area contributed by atoms with Crippen LogP contribution in [0.3, 0.4) is 0 Å². The lowest BCUT2D eigenvalue weighted by molar-refractivity contribution is -0.111. The predicted molar refractivity (Wildman–Crippen MR) is 114 cm³/mol. The molecule has 0 bridgehead atoms. The third-order valence-corrected chi connectivity index (χ3v) is 3.91. The molecule has 1 amide bonds. The van der Waals surface area contributed by atoms with Gasteiger partial charge in [0.25, 0.3) is 5.95 Å². The number of H-pyrrole nitrogens is 1. The molecule has 29 heavy (non-hydrogen) atoms. The molecule has 0 aliphatic heterocycles. The maximum Gasteiger partial charge on any atom is 0.251 e. The number of aromatic amines is 1. The molecular formula is C20H21N7O2. The third kappa shape index (κ3) is 5.05. The van der Waals surface area contributed by atoms with Gasteiger partial charge in [-0.15, -0.1) is 0 Å². The first-order chi connectivity index (χ1) is 14.1. The highest BCUT2D eigenvalue weighted by Crippen LogP contribution is 2.29. The number of nitrogens with one attached hydrogen (secondary N) is 3. The highest BCUT2D eigenvalue weighted by Gasteiger charge is 2.10. The van der Waals surface area contributed by atoms with Crippen molar-refractivity contribution in [3.8, 4) is 11.3 Å². The van der Waals surface area contributed by atoms with Crippen LogP contribution in [0.15, 0.2) is 66.6 Å². The van der Waals surface area contributed by atoms with Gasteiger partial charge in [-0.1, -0.05) is 12.6 Å². The summed E-state index contributed by atoms with van der Waals surface area (Å²) in [7, 11) is 0. The number of carbonyl (C=O) groups is 1. The van der Waals surface area contributed by atoms with Gasteiger partial charge in [-0.25, -0.2) is 9.97 Å². The Morgan fingerprint density at radius 2 is 2.24 bits per heavy atom. The lowest BCUT2D eigenvalue weighted by Gasteiger charge is -2.03. The Bertz CT molecular complexity index is 1090. The van der Waals surface area contributed by atoms with Crippen molar-refractivity contribution in [2.75, 3.05) is 18.5 Å². The number of rotatable bonds is 8. The molecule has 1 aromatic carbocycles. The van der Waals surface area contributed by atoms with E-state index in [0.29, 0.717) is 17.9 Å². The third-order valence-electron chi connectivity index (χ3n) is 3.91. The van der Waals surface area contributed by atoms with Gasteiger partial charge >= 0.3 is 0 Å². The van der Waals surface area contributed by atoms with Crippen molar-refractivity contribution in [3.63, 3.8) is 0 Å². The Labute approximate surface area is 167 Å². The summed E-state index contributed by atoms with van der Waals surface area (Å²) < 4.78 is 0. The number of fused-ring (bicyclic) bond motifs is 1. The number of aliphatic hydroxyl groups is 1. The van der Waals surface area contributed by atoms with Crippen molar-refractivity contribution >= 4 is 34.3 Å². The average Bonchev–Trinajstić information content (AvgIpc) is 3.14. The summed E-state index contributed by atoms with van der Waals surface area (Å²) in [5.74, 6) is 0.192. The van der Waals surface area contributed by atoms with E-state index in [-0.39, 0.29) is 24.3 Å². The second kappa shape index (κ2) is 9.29. The van der Waals surface area contributed by atoms with Gasteiger partial charge < -0.3 is 26.5 Å². The average molecular weight is 391 g/mol. The summed E-state index contributed by atoms with van der Waals surface area (Å²) in [4.78, 5) is 27.4. The summed E-state index contributed by atoms with van der Waals surface area (Å²) in [5, 5.41) is 15.3. The number of nitrogens with zero attached hydrogens (tertiary/aromatic N) is 3. The molecule has 0 aliphatic rings. The second-order valence-electron chi connectivity index (χ2n) is 5.95. The van der Waals surface area contributed by atoms with Gasteiger partial charge in [-0.05, 0) is 30.4 Å². The SMILES string of the molecule is C=CC(=O)Nc1ccc2c(-c3ccnc(/N=C(N)\C=C/NCCO)n3)c[nH]c2c1. The summed E-state index contributed by atoms with van der Waals surface area (Å²) in [6, 6.07) is 7.32. The van der Waals surface area contributed by atoms with Gasteiger partial charge in [0.1, 0.15) is 5.84 Å². The van der Waals surface area contributed by atoms with E-state index in [0.717, 1.165) is 16.5 Å². The number of aliphatic imine (C=N–C) groups is 1. The molecule has 2 heterocycles. The zero-order chi connectivity index (χ0) is 20.6. The van der Waals surface area contributed by atoms with Crippen LogP contribution < -0.4 is 16.4 Å². The molecule has 9 heteroatoms. The van der Waals surface area contributed by atoms with Crippen molar-refractivity contribution in [2.24, 2.45) is 10.7 Å². The van der Waals surface area contributed by atoms with Crippen molar-refractivity contribution in [1.29, 1.82) is 0 Å². The minimum absolute atomic E-state index is 0.0271. The maximum atomic E-state index is 11.5. The quantitative estimate of drug-likeness (QED) is 0.172. The molecule has 0 spiro atoms. The molecule has 0 unspecified atom stereocenters. The molecule has 0 radical (unpaired) electrons. The monoisotopic (exact) mass is 391 g/mol. The zero-order valence-corrected chi connectivity index (χ0v) is 15.6. The number of anilines is 1. The normalized spacial score (nSPS) is 11.7. The minimum Gasteiger partial charge on any atom is -0.395 e. The van der Waals surface area contributed by atoms with E-state index >= 15 is 0 Å². The molecule has 0 saturated carbocycles. The van der Waals surface area contributed by atoms with Crippen molar-refractivity contribution in [1.82, 2.24) is 20.3 Å². The second-order valence-corrected chi connectivity index (χ2v) is 5.95. The van der Waals surface area contributed by atoms with Gasteiger partial charge in [0.15, 0.2) is 0 Å². The van der Waals surface area contributed by atoms with E-state index in [4.69, 9.17) is 10.8 Å². The predicted octanol–water partition coefficient (Wildman–Crippen LogP) is 1.83. The molecule has 9 nitrogen and oxygen atoms in total. The number of benzene rings is 1. The minimum atomic E-state index is -0.271. The van der Waals surface area contributed by atoms with E-state index in [1.807, 2.05) is 24.4 Å². The Morgan fingerprint density at radius 3 is 3.03 bits per heavy atom. The lowest BCUT2D eigenvalue weighted by Crippen LogP contribution is -2.13. The van der Waals surface area contributed by atoms with Crippen molar-refractivity contribution in [2.45, 2.75) is 0 Å². The molecule has 6 N–H and O–H groups in total. The number of aliphatic hydroxyl groups excluding tert-OH is 1. The first-order valence-corrected chi connectivity index (χ1v) is 8.83. The van der Waals surface area contributed by atoms with Crippen LogP contribution in [-0.4, -0.2) is 45.0 Å². The number of carbonyl (C=O) groups excluding carboxylic acids is 1. The summed E-state index contributed by atoms with van der Waals surface area (Å²) in [6.45, 7) is 3.90. The molecule has 2 aromatic heterocycles. The van der Waals surface area contributed by atoms with Crippen LogP contribution in [-0.2, 0) is 4.79 Å². The molecular weight excluding hydrogens is 370 g/mol. The number of hydrogen-bond donors (Lipinski definition) is 5. The van der Waals surface area contributed by atoms with Crippen molar-refractivity contribution < 1.29 is 9.90 Å². The van der Waals surface area contributed by atoms with Crippen LogP contribution in [0, 0.1) is 0 Å². The molecule has 148 valence electrons. The number of hydrogen-bond acceptors (Lipinski definition) is 6. The molecule has 0 saturated heterocycles. The Morgan fingerprint density at radius 1 is 1.38 bits per heavy atom. The summed E-state index contributed by atoms with van der Waals surface area (Å²) in [6.07, 6.45) is 7.83. The molecule has 0 atom stereocenters. The largest absolute Gasteiger partial charge is 0.395 e. The molecule has 3 rings (SSSR count). The lowest BCUT2D eigenvalue weighted by atomic mass is 10.1. The topological polar surface area (TPSA) is 141 Å². The van der Waals surface area contributed by atoms with Crippen LogP contribution >= 0.6 is 0 Å². The van der Waals surface area contributed by atoms with Crippen LogP contribution in [0.4, 0.5) is 11.6 Å². The summed E-state index contributed by atoms with van der Waals surface area (Å²) in [5.41, 5.74) is 8.92. The van der Waals surface area contributed by atoms with Crippen LogP contribution in [0.2, 0.25) is 0 Å². The summed E-state index contributed by atoms with van der Waals surface area (Å²) >= 11 is 0. The van der Waals surface area contributed by atoms with Crippen molar-refractivity contribution in [3.05, 3.63) is 61.6 Å². The van der Waals surface area contributed by atoms with Gasteiger partial charge in [0, 0.05) is 47.3 Å². The van der Waals surface area contributed by atoms with Crippen LogP contribution in [0.25, 0.3) is 22.2 Å². The van der Waals surface area contributed by atoms with Gasteiger partial charge in [-0.2, -0.15) is 4.99 Å². The Kier molecular flexibility index (Phi) is 6.33. The molecule has 3 aromatic rings. The number of nitrogens with two attached hydrogens (primary N) is 1. The van der Waals surface area contributed by atoms with E-state index in [9.17, 15) is 4.79 Å². The Hall–Kier alpha value is -3.98. The first-order valence-electron chi connectivity index (χ1n) is 8.83. The van der Waals surface area contributed by atoms with Crippen LogP contribution in [0.1, 0.15) is 0 Å². The van der Waals surface area contributed by atoms with Gasteiger partial charge in [-0.3, -0.25) is 4.79 Å². The fraction of sp³-hybridized carbons (Fsp3) is 0.100. The highest BCUT2D eigenvalue weighted by atomic mass is 16.3. The number of amides is 1. The highest BCUT2D eigenvalue weighted by molar-refractivity contribution is 6.02. The fourth-order valence-electron chi connectivity index (χ4n) is 2.61. The van der Waals surface area contributed by atoms with E-state index in [1.165, 1.54) is 6.08 Å².